The van der Waals surface area contributed by atoms with Crippen LogP contribution in [0.4, 0.5) is 0 Å². The molecular formula is C9H13N3O3. The normalized spacial score (nSPS) is 11.1. The number of nitrogens with zero attached hydrogens (tertiary/aromatic N) is 2. The molecule has 0 saturated carbocycles. The molecule has 1 amide bonds. The van der Waals surface area contributed by atoms with E-state index in [0.29, 0.717) is 0 Å². The van der Waals surface area contributed by atoms with Crippen LogP contribution in [0.1, 0.15) is 24.3 Å². The summed E-state index contributed by atoms with van der Waals surface area (Å²) in [6.07, 6.45) is 2.73. The van der Waals surface area contributed by atoms with Gasteiger partial charge in [0, 0.05) is 7.05 Å². The van der Waals surface area contributed by atoms with Gasteiger partial charge in [-0.3, -0.25) is 4.79 Å². The standard InChI is InChI=1S/C9H13N3O3/c1-9(2,8(14)15)12(3)7(13)6-4-10-5-11-6/h4-5H,1-3H3,(H,10,11)(H,14,15). The number of carbonyl (C=O) groups is 2. The van der Waals surface area contributed by atoms with Crippen molar-refractivity contribution in [2.45, 2.75) is 19.4 Å². The molecule has 15 heavy (non-hydrogen) atoms. The average molecular weight is 211 g/mol. The fourth-order valence-electron chi connectivity index (χ4n) is 0.951. The van der Waals surface area contributed by atoms with Gasteiger partial charge in [0.25, 0.3) is 5.91 Å². The van der Waals surface area contributed by atoms with Crippen LogP contribution in [0, 0.1) is 0 Å². The third-order valence-electron chi connectivity index (χ3n) is 2.40. The van der Waals surface area contributed by atoms with Gasteiger partial charge in [0.1, 0.15) is 11.2 Å². The van der Waals surface area contributed by atoms with E-state index in [0.717, 1.165) is 4.90 Å². The third-order valence-corrected chi connectivity index (χ3v) is 2.40. The lowest BCUT2D eigenvalue weighted by atomic mass is 10.0. The van der Waals surface area contributed by atoms with E-state index in [1.807, 2.05) is 0 Å². The van der Waals surface area contributed by atoms with E-state index in [9.17, 15) is 9.59 Å². The molecule has 0 aliphatic carbocycles. The van der Waals surface area contributed by atoms with Crippen molar-refractivity contribution in [1.29, 1.82) is 0 Å². The molecule has 0 aliphatic rings. The Balaban J connectivity index is 2.91. The molecule has 6 nitrogen and oxygen atoms in total. The number of aromatic nitrogens is 2. The highest BCUT2D eigenvalue weighted by molar-refractivity contribution is 5.95. The largest absolute Gasteiger partial charge is 0.480 e. The fourth-order valence-corrected chi connectivity index (χ4v) is 0.951. The van der Waals surface area contributed by atoms with Crippen molar-refractivity contribution >= 4 is 11.9 Å². The van der Waals surface area contributed by atoms with Crippen molar-refractivity contribution in [1.82, 2.24) is 14.9 Å². The molecule has 0 aliphatic heterocycles. The number of aliphatic carboxylic acids is 1. The van der Waals surface area contributed by atoms with Crippen LogP contribution in [0.15, 0.2) is 12.5 Å². The molecule has 0 aromatic carbocycles. The molecule has 1 aromatic heterocycles. The van der Waals surface area contributed by atoms with Gasteiger partial charge in [0.05, 0.1) is 12.5 Å². The zero-order chi connectivity index (χ0) is 11.6. The van der Waals surface area contributed by atoms with Gasteiger partial charge in [-0.2, -0.15) is 0 Å². The van der Waals surface area contributed by atoms with Crippen LogP contribution in [0.25, 0.3) is 0 Å². The molecule has 82 valence electrons. The first-order valence-corrected chi connectivity index (χ1v) is 4.37. The lowest BCUT2D eigenvalue weighted by Gasteiger charge is -2.30. The zero-order valence-electron chi connectivity index (χ0n) is 8.81. The van der Waals surface area contributed by atoms with Crippen LogP contribution in [-0.2, 0) is 4.79 Å². The Hall–Kier alpha value is -1.85. The van der Waals surface area contributed by atoms with E-state index in [1.54, 1.807) is 0 Å². The van der Waals surface area contributed by atoms with Crippen molar-refractivity contribution in [3.05, 3.63) is 18.2 Å². The summed E-state index contributed by atoms with van der Waals surface area (Å²) in [7, 11) is 1.44. The number of likely N-dealkylation sites (N-methyl/N-ethyl adjacent to an activating group) is 1. The molecule has 0 saturated heterocycles. The Bertz CT molecular complexity index is 370. The topological polar surface area (TPSA) is 86.3 Å². The van der Waals surface area contributed by atoms with Crippen molar-refractivity contribution in [3.63, 3.8) is 0 Å². The summed E-state index contributed by atoms with van der Waals surface area (Å²) in [6.45, 7) is 2.92. The fraction of sp³-hybridized carbons (Fsp3) is 0.444. The number of hydrogen-bond acceptors (Lipinski definition) is 3. The van der Waals surface area contributed by atoms with Crippen molar-refractivity contribution < 1.29 is 14.7 Å². The van der Waals surface area contributed by atoms with Crippen LogP contribution in [0.3, 0.4) is 0 Å². The number of amides is 1. The van der Waals surface area contributed by atoms with Gasteiger partial charge in [0.2, 0.25) is 0 Å². The maximum atomic E-state index is 11.7. The second-order valence-corrected chi connectivity index (χ2v) is 3.69. The molecule has 0 fully saturated rings. The number of aromatic amines is 1. The molecule has 1 aromatic rings. The van der Waals surface area contributed by atoms with Crippen molar-refractivity contribution in [2.24, 2.45) is 0 Å². The lowest BCUT2D eigenvalue weighted by molar-refractivity contribution is -0.147. The Labute approximate surface area is 86.9 Å². The molecule has 0 bridgehead atoms. The highest BCUT2D eigenvalue weighted by Gasteiger charge is 2.35. The smallest absolute Gasteiger partial charge is 0.329 e. The first-order valence-electron chi connectivity index (χ1n) is 4.37. The van der Waals surface area contributed by atoms with Gasteiger partial charge in [-0.25, -0.2) is 9.78 Å². The van der Waals surface area contributed by atoms with Crippen molar-refractivity contribution in [3.8, 4) is 0 Å². The molecular weight excluding hydrogens is 198 g/mol. The first-order chi connectivity index (χ1) is 6.87. The molecule has 0 radical (unpaired) electrons. The van der Waals surface area contributed by atoms with Crippen LogP contribution < -0.4 is 0 Å². The Morgan fingerprint density at radius 1 is 1.53 bits per heavy atom. The summed E-state index contributed by atoms with van der Waals surface area (Å²) in [6, 6.07) is 0. The van der Waals surface area contributed by atoms with Gasteiger partial charge >= 0.3 is 5.97 Å². The molecule has 0 spiro atoms. The number of H-pyrrole nitrogens is 1. The predicted molar refractivity (Wildman–Crippen MR) is 52.4 cm³/mol. The van der Waals surface area contributed by atoms with E-state index in [2.05, 4.69) is 9.97 Å². The van der Waals surface area contributed by atoms with Gasteiger partial charge in [-0.1, -0.05) is 0 Å². The monoisotopic (exact) mass is 211 g/mol. The van der Waals surface area contributed by atoms with E-state index in [1.165, 1.54) is 33.4 Å². The second kappa shape index (κ2) is 3.72. The van der Waals surface area contributed by atoms with E-state index in [-0.39, 0.29) is 5.69 Å². The molecule has 1 heterocycles. The van der Waals surface area contributed by atoms with Gasteiger partial charge in [-0.15, -0.1) is 0 Å². The van der Waals surface area contributed by atoms with Gasteiger partial charge in [0.15, 0.2) is 0 Å². The number of carboxylic acid groups (broad SMARTS) is 1. The molecule has 0 atom stereocenters. The van der Waals surface area contributed by atoms with E-state index < -0.39 is 17.4 Å². The number of carboxylic acids is 1. The number of carbonyl (C=O) groups excluding carboxylic acids is 1. The Kier molecular flexibility index (Phi) is 2.78. The number of imidazole rings is 1. The number of nitrogens with one attached hydrogen (secondary N) is 1. The van der Waals surface area contributed by atoms with Crippen LogP contribution in [0.5, 0.6) is 0 Å². The Morgan fingerprint density at radius 3 is 2.53 bits per heavy atom. The molecule has 1 rings (SSSR count). The Morgan fingerprint density at radius 2 is 2.13 bits per heavy atom. The SMILES string of the molecule is CN(C(=O)c1cnc[nH]1)C(C)(C)C(=O)O. The third kappa shape index (κ3) is 1.98. The predicted octanol–water partition coefficient (Wildman–Crippen LogP) is 0.345. The summed E-state index contributed by atoms with van der Waals surface area (Å²) in [5, 5.41) is 8.94. The number of rotatable bonds is 3. The summed E-state index contributed by atoms with van der Waals surface area (Å²) < 4.78 is 0. The molecule has 2 N–H and O–H groups in total. The van der Waals surface area contributed by atoms with Crippen LogP contribution in [0.2, 0.25) is 0 Å². The minimum atomic E-state index is -1.25. The van der Waals surface area contributed by atoms with E-state index >= 15 is 0 Å². The van der Waals surface area contributed by atoms with E-state index in [4.69, 9.17) is 5.11 Å². The minimum absolute atomic E-state index is 0.270. The van der Waals surface area contributed by atoms with Gasteiger partial charge in [-0.05, 0) is 13.8 Å². The molecule has 6 heteroatoms. The summed E-state index contributed by atoms with van der Waals surface area (Å²) in [5.41, 5.74) is -0.978. The van der Waals surface area contributed by atoms with Gasteiger partial charge < -0.3 is 15.0 Å². The quantitative estimate of drug-likeness (QED) is 0.755. The maximum Gasteiger partial charge on any atom is 0.329 e. The maximum absolute atomic E-state index is 11.7. The van der Waals surface area contributed by atoms with Crippen molar-refractivity contribution in [2.75, 3.05) is 7.05 Å². The minimum Gasteiger partial charge on any atom is -0.480 e. The summed E-state index contributed by atoms with van der Waals surface area (Å²) in [4.78, 5) is 30.2. The number of hydrogen-bond donors (Lipinski definition) is 2. The summed E-state index contributed by atoms with van der Waals surface area (Å²) >= 11 is 0. The zero-order valence-corrected chi connectivity index (χ0v) is 8.81. The second-order valence-electron chi connectivity index (χ2n) is 3.69. The van der Waals surface area contributed by atoms with Crippen LogP contribution in [-0.4, -0.2) is 44.4 Å². The highest BCUT2D eigenvalue weighted by atomic mass is 16.4. The lowest BCUT2D eigenvalue weighted by Crippen LogP contribution is -2.50. The molecule has 0 unspecified atom stereocenters. The summed E-state index contributed by atoms with van der Waals surface area (Å²) in [5.74, 6) is -1.46. The first kappa shape index (κ1) is 11.2. The van der Waals surface area contributed by atoms with Crippen LogP contribution >= 0.6 is 0 Å². The highest BCUT2D eigenvalue weighted by Crippen LogP contribution is 2.14. The average Bonchev–Trinajstić information content (AvgIpc) is 2.67.